The van der Waals surface area contributed by atoms with Crippen molar-refractivity contribution in [1.29, 1.82) is 0 Å². The molecule has 1 rings (SSSR count). The zero-order valence-corrected chi connectivity index (χ0v) is 13.7. The molecule has 0 saturated carbocycles. The first-order valence-electron chi connectivity index (χ1n) is 7.66. The highest BCUT2D eigenvalue weighted by Gasteiger charge is 2.11. The van der Waals surface area contributed by atoms with E-state index in [9.17, 15) is 4.79 Å². The van der Waals surface area contributed by atoms with Crippen molar-refractivity contribution in [2.24, 2.45) is 0 Å². The summed E-state index contributed by atoms with van der Waals surface area (Å²) in [5.41, 5.74) is 0. The van der Waals surface area contributed by atoms with E-state index in [0.29, 0.717) is 5.82 Å². The minimum Gasteiger partial charge on any atom is -0.370 e. The maximum absolute atomic E-state index is 12.0. The Kier molecular flexibility index (Phi) is 6.91. The molecule has 1 amide bonds. The molecule has 0 atom stereocenters. The van der Waals surface area contributed by atoms with Crippen molar-refractivity contribution in [3.05, 3.63) is 11.9 Å². The van der Waals surface area contributed by atoms with Crippen molar-refractivity contribution in [2.75, 3.05) is 36.8 Å². The van der Waals surface area contributed by atoms with Gasteiger partial charge in [0.05, 0.1) is 6.54 Å². The van der Waals surface area contributed by atoms with E-state index in [0.717, 1.165) is 31.3 Å². The van der Waals surface area contributed by atoms with Gasteiger partial charge in [-0.3, -0.25) is 4.79 Å². The number of rotatable bonds is 8. The van der Waals surface area contributed by atoms with E-state index >= 15 is 0 Å². The Labute approximate surface area is 127 Å². The smallest absolute Gasteiger partial charge is 0.241 e. The monoisotopic (exact) mass is 293 g/mol. The summed E-state index contributed by atoms with van der Waals surface area (Å²) in [6.07, 6.45) is 0. The van der Waals surface area contributed by atoms with Crippen LogP contribution < -0.4 is 10.6 Å². The minimum atomic E-state index is 0.0784. The van der Waals surface area contributed by atoms with E-state index in [-0.39, 0.29) is 18.4 Å². The lowest BCUT2D eigenvalue weighted by Crippen LogP contribution is -2.35. The fourth-order valence-electron chi connectivity index (χ4n) is 1.94. The molecule has 118 valence electrons. The molecule has 0 unspecified atom stereocenters. The van der Waals surface area contributed by atoms with Crippen LogP contribution in [-0.4, -0.2) is 47.0 Å². The third kappa shape index (κ3) is 5.21. The molecular weight excluding hydrogens is 266 g/mol. The second-order valence-electron chi connectivity index (χ2n) is 5.10. The predicted octanol–water partition coefficient (Wildman–Crippen LogP) is 2.31. The molecule has 2 N–H and O–H groups in total. The van der Waals surface area contributed by atoms with Crippen LogP contribution in [0.5, 0.6) is 0 Å². The van der Waals surface area contributed by atoms with Gasteiger partial charge in [0, 0.05) is 31.6 Å². The zero-order chi connectivity index (χ0) is 15.8. The normalized spacial score (nSPS) is 10.6. The lowest BCUT2D eigenvalue weighted by Gasteiger charge is -2.19. The fourth-order valence-corrected chi connectivity index (χ4v) is 1.94. The van der Waals surface area contributed by atoms with Crippen molar-refractivity contribution >= 4 is 17.5 Å². The van der Waals surface area contributed by atoms with E-state index in [1.807, 2.05) is 26.8 Å². The number of hydrogen-bond donors (Lipinski definition) is 2. The Morgan fingerprint density at radius 1 is 1.14 bits per heavy atom. The summed E-state index contributed by atoms with van der Waals surface area (Å²) in [5.74, 6) is 2.56. The lowest BCUT2D eigenvalue weighted by molar-refractivity contribution is -0.128. The van der Waals surface area contributed by atoms with Crippen LogP contribution in [0.3, 0.4) is 0 Å². The molecule has 1 aromatic rings. The molecule has 0 saturated heterocycles. The van der Waals surface area contributed by atoms with E-state index in [4.69, 9.17) is 0 Å². The van der Waals surface area contributed by atoms with Crippen LogP contribution in [0.15, 0.2) is 6.07 Å². The summed E-state index contributed by atoms with van der Waals surface area (Å²) in [4.78, 5) is 22.7. The van der Waals surface area contributed by atoms with Gasteiger partial charge in [-0.1, -0.05) is 13.8 Å². The second kappa shape index (κ2) is 8.44. The second-order valence-corrected chi connectivity index (χ2v) is 5.10. The summed E-state index contributed by atoms with van der Waals surface area (Å²) in [6.45, 7) is 12.6. The van der Waals surface area contributed by atoms with Crippen LogP contribution in [-0.2, 0) is 4.79 Å². The Morgan fingerprint density at radius 3 is 2.19 bits per heavy atom. The minimum absolute atomic E-state index is 0.0784. The third-order valence-corrected chi connectivity index (χ3v) is 3.15. The Hall–Kier alpha value is -1.85. The molecule has 6 nitrogen and oxygen atoms in total. The van der Waals surface area contributed by atoms with Gasteiger partial charge in [0.1, 0.15) is 17.5 Å². The van der Waals surface area contributed by atoms with E-state index < -0.39 is 0 Å². The highest BCUT2D eigenvalue weighted by molar-refractivity contribution is 5.80. The van der Waals surface area contributed by atoms with Gasteiger partial charge in [-0.25, -0.2) is 9.97 Å². The van der Waals surface area contributed by atoms with Crippen molar-refractivity contribution in [1.82, 2.24) is 14.9 Å². The number of nitrogens with one attached hydrogen (secondary N) is 2. The van der Waals surface area contributed by atoms with Crippen LogP contribution in [0.1, 0.15) is 46.4 Å². The van der Waals surface area contributed by atoms with Crippen LogP contribution in [0.4, 0.5) is 11.6 Å². The molecule has 0 aliphatic heterocycles. The molecule has 21 heavy (non-hydrogen) atoms. The molecular formula is C15H27N5O. The largest absolute Gasteiger partial charge is 0.370 e. The summed E-state index contributed by atoms with van der Waals surface area (Å²) in [5, 5.41) is 6.29. The number of likely N-dealkylation sites (N-methyl/N-ethyl adjacent to an activating group) is 1. The number of aromatic nitrogens is 2. The molecule has 1 heterocycles. The van der Waals surface area contributed by atoms with Crippen LogP contribution >= 0.6 is 0 Å². The predicted molar refractivity (Wildman–Crippen MR) is 86.7 cm³/mol. The van der Waals surface area contributed by atoms with Crippen molar-refractivity contribution < 1.29 is 4.79 Å². The Morgan fingerprint density at radius 2 is 1.71 bits per heavy atom. The first-order valence-corrected chi connectivity index (χ1v) is 7.66. The highest BCUT2D eigenvalue weighted by Crippen LogP contribution is 2.16. The standard InChI is InChI=1S/C15H27N5O/c1-6-16-12-9-13(19-15(18-12)11(4)5)17-10-14(21)20(7-2)8-3/h9,11H,6-8,10H2,1-5H3,(H2,16,17,18,19). The van der Waals surface area contributed by atoms with Crippen molar-refractivity contribution in [2.45, 2.75) is 40.5 Å². The molecule has 0 aliphatic carbocycles. The van der Waals surface area contributed by atoms with Gasteiger partial charge in [-0.05, 0) is 20.8 Å². The Bertz CT molecular complexity index is 457. The summed E-state index contributed by atoms with van der Waals surface area (Å²) < 4.78 is 0. The van der Waals surface area contributed by atoms with E-state index in [1.165, 1.54) is 0 Å². The Balaban J connectivity index is 2.80. The van der Waals surface area contributed by atoms with Gasteiger partial charge in [0.25, 0.3) is 0 Å². The number of amides is 1. The average molecular weight is 293 g/mol. The first kappa shape index (κ1) is 17.2. The quantitative estimate of drug-likeness (QED) is 0.769. The molecule has 0 aliphatic rings. The number of nitrogens with zero attached hydrogens (tertiary/aromatic N) is 3. The number of anilines is 2. The summed E-state index contributed by atoms with van der Waals surface area (Å²) >= 11 is 0. The maximum Gasteiger partial charge on any atom is 0.241 e. The molecule has 0 spiro atoms. The van der Waals surface area contributed by atoms with Gasteiger partial charge < -0.3 is 15.5 Å². The molecule has 1 aromatic heterocycles. The fraction of sp³-hybridized carbons (Fsp3) is 0.667. The van der Waals surface area contributed by atoms with Gasteiger partial charge >= 0.3 is 0 Å². The van der Waals surface area contributed by atoms with Crippen LogP contribution in [0.25, 0.3) is 0 Å². The zero-order valence-electron chi connectivity index (χ0n) is 13.7. The number of hydrogen-bond acceptors (Lipinski definition) is 5. The molecule has 6 heteroatoms. The molecule has 0 fully saturated rings. The maximum atomic E-state index is 12.0. The van der Waals surface area contributed by atoms with E-state index in [2.05, 4.69) is 34.4 Å². The first-order chi connectivity index (χ1) is 10.0. The highest BCUT2D eigenvalue weighted by atomic mass is 16.2. The van der Waals surface area contributed by atoms with Gasteiger partial charge in [0.2, 0.25) is 5.91 Å². The van der Waals surface area contributed by atoms with Crippen LogP contribution in [0, 0.1) is 0 Å². The van der Waals surface area contributed by atoms with Gasteiger partial charge in [-0.15, -0.1) is 0 Å². The number of carbonyl (C=O) groups is 1. The van der Waals surface area contributed by atoms with E-state index in [1.54, 1.807) is 4.90 Å². The summed E-state index contributed by atoms with van der Waals surface area (Å²) in [6, 6.07) is 1.84. The topological polar surface area (TPSA) is 70.2 Å². The SMILES string of the molecule is CCNc1cc(NCC(=O)N(CC)CC)nc(C(C)C)n1. The van der Waals surface area contributed by atoms with Crippen molar-refractivity contribution in [3.63, 3.8) is 0 Å². The number of carbonyl (C=O) groups excluding carboxylic acids is 1. The summed E-state index contributed by atoms with van der Waals surface area (Å²) in [7, 11) is 0. The van der Waals surface area contributed by atoms with Crippen molar-refractivity contribution in [3.8, 4) is 0 Å². The van der Waals surface area contributed by atoms with Gasteiger partial charge in [-0.2, -0.15) is 0 Å². The third-order valence-electron chi connectivity index (χ3n) is 3.15. The molecule has 0 aromatic carbocycles. The molecule has 0 radical (unpaired) electrons. The molecule has 0 bridgehead atoms. The van der Waals surface area contributed by atoms with Crippen LogP contribution in [0.2, 0.25) is 0 Å². The lowest BCUT2D eigenvalue weighted by atomic mass is 10.2. The van der Waals surface area contributed by atoms with Gasteiger partial charge in [0.15, 0.2) is 0 Å². The average Bonchev–Trinajstić information content (AvgIpc) is 2.46.